The fraction of sp³-hybridized carbons (Fsp3) is 0.111. The maximum absolute atomic E-state index is 14.1. The van der Waals surface area contributed by atoms with E-state index in [1.54, 1.807) is 18.2 Å². The standard InChI is InChI=1S/C18H12FN3O5/c19-12-2-3-13(22(24)25)16-11(12)5-6-20-17(16)18(23)21-10-1-4-14-15(9-10)27-8-7-26-14/h1-6,9H,7-8H2,(H,21,23). The number of non-ortho nitro benzene ring substituents is 1. The molecule has 0 saturated carbocycles. The molecular weight excluding hydrogens is 357 g/mol. The summed E-state index contributed by atoms with van der Waals surface area (Å²) in [5, 5.41) is 13.7. The molecule has 0 radical (unpaired) electrons. The highest BCUT2D eigenvalue weighted by Crippen LogP contribution is 2.34. The zero-order chi connectivity index (χ0) is 19.0. The van der Waals surface area contributed by atoms with Crippen molar-refractivity contribution in [2.75, 3.05) is 18.5 Å². The number of hydrogen-bond donors (Lipinski definition) is 1. The minimum atomic E-state index is -0.703. The molecule has 0 saturated heterocycles. The molecule has 2 aromatic carbocycles. The summed E-state index contributed by atoms with van der Waals surface area (Å²) in [6.45, 7) is 0.828. The first kappa shape index (κ1) is 16.7. The Labute approximate surface area is 151 Å². The van der Waals surface area contributed by atoms with Crippen LogP contribution in [0.1, 0.15) is 10.5 Å². The number of nitro groups is 1. The summed E-state index contributed by atoms with van der Waals surface area (Å²) in [6, 6.07) is 8.11. The minimum absolute atomic E-state index is 0.0495. The van der Waals surface area contributed by atoms with Crippen LogP contribution in [0.25, 0.3) is 10.8 Å². The molecule has 4 rings (SSSR count). The lowest BCUT2D eigenvalue weighted by atomic mass is 10.1. The minimum Gasteiger partial charge on any atom is -0.486 e. The van der Waals surface area contributed by atoms with Crippen LogP contribution in [0.3, 0.4) is 0 Å². The number of fused-ring (bicyclic) bond motifs is 2. The second-order valence-electron chi connectivity index (χ2n) is 5.72. The van der Waals surface area contributed by atoms with Gasteiger partial charge in [-0.15, -0.1) is 0 Å². The number of halogens is 1. The van der Waals surface area contributed by atoms with Gasteiger partial charge in [0.25, 0.3) is 11.6 Å². The number of ether oxygens (including phenoxy) is 2. The van der Waals surface area contributed by atoms with Gasteiger partial charge in [0.2, 0.25) is 0 Å². The highest BCUT2D eigenvalue weighted by Gasteiger charge is 2.23. The SMILES string of the molecule is O=C(Nc1ccc2c(c1)OCCO2)c1nccc2c(F)ccc([N+](=O)[O-])c12. The summed E-state index contributed by atoms with van der Waals surface area (Å²) in [5.41, 5.74) is -0.248. The summed E-state index contributed by atoms with van der Waals surface area (Å²) >= 11 is 0. The fourth-order valence-corrected chi connectivity index (χ4v) is 2.88. The van der Waals surface area contributed by atoms with Crippen molar-refractivity contribution < 1.29 is 23.6 Å². The average Bonchev–Trinajstić information content (AvgIpc) is 2.67. The zero-order valence-corrected chi connectivity index (χ0v) is 13.8. The van der Waals surface area contributed by atoms with E-state index in [9.17, 15) is 19.3 Å². The molecule has 9 heteroatoms. The first-order chi connectivity index (χ1) is 13.0. The van der Waals surface area contributed by atoms with Crippen LogP contribution < -0.4 is 14.8 Å². The highest BCUT2D eigenvalue weighted by atomic mass is 19.1. The van der Waals surface area contributed by atoms with Gasteiger partial charge in [-0.2, -0.15) is 0 Å². The fourth-order valence-electron chi connectivity index (χ4n) is 2.88. The lowest BCUT2D eigenvalue weighted by Gasteiger charge is -2.19. The van der Waals surface area contributed by atoms with Gasteiger partial charge in [0.15, 0.2) is 11.5 Å². The average molecular weight is 369 g/mol. The predicted molar refractivity (Wildman–Crippen MR) is 93.7 cm³/mol. The molecular formula is C18H12FN3O5. The van der Waals surface area contributed by atoms with E-state index in [1.165, 1.54) is 12.3 Å². The van der Waals surface area contributed by atoms with Crippen LogP contribution in [0.15, 0.2) is 42.6 Å². The number of aromatic nitrogens is 1. The second kappa shape index (κ2) is 6.52. The molecule has 3 aromatic rings. The summed E-state index contributed by atoms with van der Waals surface area (Å²) in [4.78, 5) is 27.3. The number of pyridine rings is 1. The van der Waals surface area contributed by atoms with Crippen molar-refractivity contribution in [2.24, 2.45) is 0 Å². The Hall–Kier alpha value is -3.75. The van der Waals surface area contributed by atoms with Gasteiger partial charge in [-0.1, -0.05) is 0 Å². The van der Waals surface area contributed by atoms with Gasteiger partial charge in [-0.05, 0) is 24.3 Å². The van der Waals surface area contributed by atoms with Crippen LogP contribution in [-0.4, -0.2) is 29.0 Å². The van der Waals surface area contributed by atoms with E-state index in [1.807, 2.05) is 0 Å². The Balaban J connectivity index is 1.75. The molecule has 0 spiro atoms. The number of benzene rings is 2. The van der Waals surface area contributed by atoms with Gasteiger partial charge >= 0.3 is 0 Å². The number of amides is 1. The van der Waals surface area contributed by atoms with E-state index in [2.05, 4.69) is 10.3 Å². The van der Waals surface area contributed by atoms with E-state index >= 15 is 0 Å². The molecule has 1 N–H and O–H groups in total. The molecule has 8 nitrogen and oxygen atoms in total. The normalized spacial score (nSPS) is 12.6. The monoisotopic (exact) mass is 369 g/mol. The maximum Gasteiger partial charge on any atom is 0.279 e. The number of carbonyl (C=O) groups excluding carboxylic acids is 1. The third-order valence-corrected chi connectivity index (χ3v) is 4.06. The summed E-state index contributed by atoms with van der Waals surface area (Å²) in [7, 11) is 0. The van der Waals surface area contributed by atoms with Crippen LogP contribution in [0.5, 0.6) is 11.5 Å². The Morgan fingerprint density at radius 3 is 2.70 bits per heavy atom. The van der Waals surface area contributed by atoms with Crippen molar-refractivity contribution in [1.82, 2.24) is 4.98 Å². The van der Waals surface area contributed by atoms with Crippen molar-refractivity contribution in [3.8, 4) is 11.5 Å². The summed E-state index contributed by atoms with van der Waals surface area (Å²) in [6.07, 6.45) is 1.23. The molecule has 136 valence electrons. The van der Waals surface area contributed by atoms with Crippen molar-refractivity contribution in [3.63, 3.8) is 0 Å². The van der Waals surface area contributed by atoms with Crippen molar-refractivity contribution in [1.29, 1.82) is 0 Å². The van der Waals surface area contributed by atoms with Crippen molar-refractivity contribution >= 4 is 28.1 Å². The largest absolute Gasteiger partial charge is 0.486 e. The van der Waals surface area contributed by atoms with E-state index < -0.39 is 22.3 Å². The van der Waals surface area contributed by atoms with Crippen molar-refractivity contribution in [2.45, 2.75) is 0 Å². The smallest absolute Gasteiger partial charge is 0.279 e. The molecule has 27 heavy (non-hydrogen) atoms. The van der Waals surface area contributed by atoms with Gasteiger partial charge in [-0.3, -0.25) is 19.9 Å². The molecule has 1 aliphatic heterocycles. The number of nitro benzene ring substituents is 1. The predicted octanol–water partition coefficient (Wildman–Crippen LogP) is 3.31. The molecule has 0 unspecified atom stereocenters. The van der Waals surface area contributed by atoms with Crippen LogP contribution in [0.2, 0.25) is 0 Å². The highest BCUT2D eigenvalue weighted by molar-refractivity contribution is 6.13. The Morgan fingerprint density at radius 1 is 1.15 bits per heavy atom. The third kappa shape index (κ3) is 2.99. The Kier molecular flexibility index (Phi) is 4.03. The molecule has 1 amide bonds. The van der Waals surface area contributed by atoms with Gasteiger partial charge < -0.3 is 14.8 Å². The number of carbonyl (C=O) groups is 1. The molecule has 2 heterocycles. The van der Waals surface area contributed by atoms with Crippen LogP contribution in [-0.2, 0) is 0 Å². The number of anilines is 1. The number of hydrogen-bond acceptors (Lipinski definition) is 6. The van der Waals surface area contributed by atoms with E-state index in [-0.39, 0.29) is 16.5 Å². The number of nitrogens with one attached hydrogen (secondary N) is 1. The molecule has 0 aliphatic carbocycles. The lowest BCUT2D eigenvalue weighted by molar-refractivity contribution is -0.383. The zero-order valence-electron chi connectivity index (χ0n) is 13.8. The van der Waals surface area contributed by atoms with Crippen LogP contribution in [0, 0.1) is 15.9 Å². The van der Waals surface area contributed by atoms with Crippen molar-refractivity contribution in [3.05, 3.63) is 64.2 Å². The first-order valence-corrected chi connectivity index (χ1v) is 7.97. The summed E-state index contributed by atoms with van der Waals surface area (Å²) in [5.74, 6) is -0.348. The molecule has 1 aromatic heterocycles. The van der Waals surface area contributed by atoms with Crippen LogP contribution in [0.4, 0.5) is 15.8 Å². The van der Waals surface area contributed by atoms with E-state index in [0.717, 1.165) is 12.1 Å². The number of rotatable bonds is 3. The maximum atomic E-state index is 14.1. The Bertz CT molecular complexity index is 1090. The van der Waals surface area contributed by atoms with E-state index in [0.29, 0.717) is 30.4 Å². The quantitative estimate of drug-likeness (QED) is 0.561. The first-order valence-electron chi connectivity index (χ1n) is 7.97. The van der Waals surface area contributed by atoms with Gasteiger partial charge in [-0.25, -0.2) is 4.39 Å². The third-order valence-electron chi connectivity index (χ3n) is 4.06. The number of nitrogens with zero attached hydrogens (tertiary/aromatic N) is 2. The van der Waals surface area contributed by atoms with Crippen LogP contribution >= 0.6 is 0 Å². The van der Waals surface area contributed by atoms with Gasteiger partial charge in [0.05, 0.1) is 10.3 Å². The molecule has 0 bridgehead atoms. The molecule has 0 atom stereocenters. The topological polar surface area (TPSA) is 104 Å². The van der Waals surface area contributed by atoms with Gasteiger partial charge in [0, 0.05) is 29.4 Å². The second-order valence-corrected chi connectivity index (χ2v) is 5.72. The molecule has 0 fully saturated rings. The summed E-state index contributed by atoms with van der Waals surface area (Å²) < 4.78 is 24.9. The van der Waals surface area contributed by atoms with E-state index in [4.69, 9.17) is 9.47 Å². The molecule has 1 aliphatic rings. The lowest BCUT2D eigenvalue weighted by Crippen LogP contribution is -2.17. The van der Waals surface area contributed by atoms with Gasteiger partial charge in [0.1, 0.15) is 24.7 Å². The Morgan fingerprint density at radius 2 is 1.93 bits per heavy atom.